The van der Waals surface area contributed by atoms with Crippen LogP contribution in [0.5, 0.6) is 5.75 Å². The summed E-state index contributed by atoms with van der Waals surface area (Å²) in [5, 5.41) is 7.44. The van der Waals surface area contributed by atoms with Gasteiger partial charge in [-0.25, -0.2) is 4.98 Å². The van der Waals surface area contributed by atoms with Gasteiger partial charge in [-0.3, -0.25) is 0 Å². The molecule has 0 aliphatic heterocycles. The number of ether oxygens (including phenoxy) is 1. The number of unbranched alkanes of at least 4 members (excludes halogenated alkanes) is 2. The van der Waals surface area contributed by atoms with Crippen LogP contribution in [0.3, 0.4) is 0 Å². The molecule has 51 heavy (non-hydrogen) atoms. The molecule has 0 fully saturated rings. The highest BCUT2D eigenvalue weighted by Crippen LogP contribution is 2.44. The van der Waals surface area contributed by atoms with E-state index in [1.165, 1.54) is 93.0 Å². The van der Waals surface area contributed by atoms with Crippen molar-refractivity contribution in [2.75, 3.05) is 6.61 Å². The number of imidazole rings is 1. The Morgan fingerprint density at radius 2 is 1.33 bits per heavy atom. The molecule has 3 nitrogen and oxygen atoms in total. The van der Waals surface area contributed by atoms with E-state index < -0.39 is 0 Å². The predicted octanol–water partition coefficient (Wildman–Crippen LogP) is 13.9. The average molecular weight is 675 g/mol. The lowest BCUT2D eigenvalue weighted by atomic mass is 9.94. The van der Waals surface area contributed by atoms with Crippen molar-refractivity contribution in [2.45, 2.75) is 92.5 Å². The molecule has 262 valence electrons. The van der Waals surface area contributed by atoms with Crippen molar-refractivity contribution in [1.82, 2.24) is 9.55 Å². The third kappa shape index (κ3) is 7.01. The lowest BCUT2D eigenvalue weighted by Gasteiger charge is -2.22. The van der Waals surface area contributed by atoms with Crippen LogP contribution in [0.4, 0.5) is 0 Å². The lowest BCUT2D eigenvalue weighted by Crippen LogP contribution is -2.14. The van der Waals surface area contributed by atoms with E-state index >= 15 is 0 Å². The number of nitrogens with zero attached hydrogens (tertiary/aromatic N) is 2. The van der Waals surface area contributed by atoms with E-state index in [1.807, 2.05) is 0 Å². The smallest absolute Gasteiger partial charge is 0.145 e. The normalized spacial score (nSPS) is 13.0. The van der Waals surface area contributed by atoms with Crippen molar-refractivity contribution >= 4 is 43.4 Å². The Hall–Kier alpha value is -4.63. The standard InChI is InChI=1S/C48H54N2O/c1-6-10-17-34(8-3)31-50-47-43-30-38(36-19-13-12-14-20-36)24-27-41(43)40-26-23-33(5)29-42(40)46(47)49-48(50)45-39-22-16-15-21-37(39)25-28-44(45)51-32-35(9-4)18-11-7-2/h12-16,19-30,34-35H,6-11,17-18,31-32H2,1-5H3. The van der Waals surface area contributed by atoms with Crippen LogP contribution in [-0.2, 0) is 6.54 Å². The van der Waals surface area contributed by atoms with Crippen molar-refractivity contribution in [1.29, 1.82) is 0 Å². The summed E-state index contributed by atoms with van der Waals surface area (Å²) in [6.45, 7) is 13.1. The van der Waals surface area contributed by atoms with Gasteiger partial charge in [-0.15, -0.1) is 0 Å². The second-order valence-electron chi connectivity index (χ2n) is 14.7. The minimum Gasteiger partial charge on any atom is -0.493 e. The Morgan fingerprint density at radius 1 is 0.627 bits per heavy atom. The highest BCUT2D eigenvalue weighted by Gasteiger charge is 2.25. The molecule has 6 aromatic carbocycles. The molecule has 3 heteroatoms. The first-order chi connectivity index (χ1) is 25.0. The van der Waals surface area contributed by atoms with Gasteiger partial charge in [-0.05, 0) is 82.5 Å². The number of aromatic nitrogens is 2. The van der Waals surface area contributed by atoms with Crippen LogP contribution in [0.2, 0.25) is 0 Å². The molecule has 0 N–H and O–H groups in total. The number of hydrogen-bond acceptors (Lipinski definition) is 2. The minimum atomic E-state index is 0.536. The van der Waals surface area contributed by atoms with E-state index in [-0.39, 0.29) is 0 Å². The van der Waals surface area contributed by atoms with Crippen LogP contribution in [0.15, 0.2) is 103 Å². The molecule has 0 radical (unpaired) electrons. The quantitative estimate of drug-likeness (QED) is 0.101. The second-order valence-corrected chi connectivity index (χ2v) is 14.7. The third-order valence-electron chi connectivity index (χ3n) is 11.2. The van der Waals surface area contributed by atoms with Crippen molar-refractivity contribution in [2.24, 2.45) is 11.8 Å². The van der Waals surface area contributed by atoms with E-state index in [1.54, 1.807) is 0 Å². The first kappa shape index (κ1) is 34.8. The zero-order valence-corrected chi connectivity index (χ0v) is 31.3. The molecule has 0 spiro atoms. The topological polar surface area (TPSA) is 27.1 Å². The maximum atomic E-state index is 6.91. The fraction of sp³-hybridized carbons (Fsp3) is 0.354. The first-order valence-corrected chi connectivity index (χ1v) is 19.6. The van der Waals surface area contributed by atoms with Crippen molar-refractivity contribution in [3.05, 3.63) is 109 Å². The summed E-state index contributed by atoms with van der Waals surface area (Å²) >= 11 is 0. The van der Waals surface area contributed by atoms with Gasteiger partial charge in [-0.2, -0.15) is 0 Å². The van der Waals surface area contributed by atoms with E-state index in [4.69, 9.17) is 9.72 Å². The highest BCUT2D eigenvalue weighted by molar-refractivity contribution is 6.24. The summed E-state index contributed by atoms with van der Waals surface area (Å²) in [5.41, 5.74) is 7.15. The molecule has 1 aromatic heterocycles. The molecule has 0 amide bonds. The Kier molecular flexibility index (Phi) is 10.7. The van der Waals surface area contributed by atoms with Crippen LogP contribution in [0.25, 0.3) is 65.9 Å². The molecule has 7 rings (SSSR count). The zero-order valence-electron chi connectivity index (χ0n) is 31.3. The molecule has 0 saturated heterocycles. The summed E-state index contributed by atoms with van der Waals surface area (Å²) in [4.78, 5) is 5.76. The Balaban J connectivity index is 1.56. The van der Waals surface area contributed by atoms with Crippen molar-refractivity contribution in [3.8, 4) is 28.3 Å². The summed E-state index contributed by atoms with van der Waals surface area (Å²) in [5.74, 6) is 3.04. The van der Waals surface area contributed by atoms with E-state index in [0.717, 1.165) is 48.6 Å². The molecule has 0 saturated carbocycles. The number of hydrogen-bond donors (Lipinski definition) is 0. The Labute approximate surface area is 304 Å². The van der Waals surface area contributed by atoms with Gasteiger partial charge in [0.2, 0.25) is 0 Å². The Bertz CT molecular complexity index is 2260. The first-order valence-electron chi connectivity index (χ1n) is 19.6. The summed E-state index contributed by atoms with van der Waals surface area (Å²) in [6.07, 6.45) is 9.56. The van der Waals surface area contributed by atoms with Crippen LogP contribution >= 0.6 is 0 Å². The monoisotopic (exact) mass is 674 g/mol. The number of benzene rings is 6. The summed E-state index contributed by atoms with van der Waals surface area (Å²) < 4.78 is 9.51. The summed E-state index contributed by atoms with van der Waals surface area (Å²) in [7, 11) is 0. The molecule has 1 heterocycles. The van der Waals surface area contributed by atoms with Gasteiger partial charge in [0.05, 0.1) is 23.2 Å². The van der Waals surface area contributed by atoms with Crippen LogP contribution in [-0.4, -0.2) is 16.2 Å². The van der Waals surface area contributed by atoms with E-state index in [2.05, 4.69) is 142 Å². The fourth-order valence-corrected chi connectivity index (χ4v) is 8.04. The second kappa shape index (κ2) is 15.7. The maximum Gasteiger partial charge on any atom is 0.145 e. The molecule has 0 aliphatic carbocycles. The highest BCUT2D eigenvalue weighted by atomic mass is 16.5. The molecule has 2 unspecified atom stereocenters. The van der Waals surface area contributed by atoms with E-state index in [9.17, 15) is 0 Å². The number of rotatable bonds is 15. The number of aryl methyl sites for hydroxylation is 1. The van der Waals surface area contributed by atoms with Crippen molar-refractivity contribution in [3.63, 3.8) is 0 Å². The van der Waals surface area contributed by atoms with Gasteiger partial charge in [0.25, 0.3) is 0 Å². The van der Waals surface area contributed by atoms with Gasteiger partial charge in [-0.1, -0.05) is 157 Å². The maximum absolute atomic E-state index is 6.91. The van der Waals surface area contributed by atoms with Gasteiger partial charge < -0.3 is 9.30 Å². The van der Waals surface area contributed by atoms with Gasteiger partial charge >= 0.3 is 0 Å². The lowest BCUT2D eigenvalue weighted by molar-refractivity contribution is 0.234. The average Bonchev–Trinajstić information content (AvgIpc) is 3.55. The largest absolute Gasteiger partial charge is 0.493 e. The van der Waals surface area contributed by atoms with Gasteiger partial charge in [0.15, 0.2) is 0 Å². The third-order valence-corrected chi connectivity index (χ3v) is 11.2. The van der Waals surface area contributed by atoms with Crippen LogP contribution < -0.4 is 4.74 Å². The predicted molar refractivity (Wildman–Crippen MR) is 220 cm³/mol. The zero-order chi connectivity index (χ0) is 35.3. The van der Waals surface area contributed by atoms with Crippen LogP contribution in [0, 0.1) is 18.8 Å². The SMILES string of the molecule is CCCCC(CC)COc1ccc2ccccc2c1-c1nc2c3cc(C)ccc3c3ccc(-c4ccccc4)cc3c2n1CC(CC)CCCC. The minimum absolute atomic E-state index is 0.536. The van der Waals surface area contributed by atoms with Crippen LogP contribution in [0.1, 0.15) is 84.6 Å². The fourth-order valence-electron chi connectivity index (χ4n) is 8.04. The van der Waals surface area contributed by atoms with Crippen molar-refractivity contribution < 1.29 is 4.74 Å². The Morgan fingerprint density at radius 3 is 2.10 bits per heavy atom. The summed E-state index contributed by atoms with van der Waals surface area (Å²) in [6, 6.07) is 38.0. The van der Waals surface area contributed by atoms with E-state index in [0.29, 0.717) is 11.8 Å². The number of fused-ring (bicyclic) bond motifs is 7. The molecular formula is C48H54N2O. The molecule has 0 bridgehead atoms. The molecule has 0 aliphatic rings. The molecule has 7 aromatic rings. The van der Waals surface area contributed by atoms with Gasteiger partial charge in [0, 0.05) is 17.3 Å². The van der Waals surface area contributed by atoms with Gasteiger partial charge in [0.1, 0.15) is 11.6 Å². The molecule has 2 atom stereocenters. The molecular weight excluding hydrogens is 621 g/mol.